The van der Waals surface area contributed by atoms with Crippen molar-refractivity contribution in [2.75, 3.05) is 0 Å². The lowest BCUT2D eigenvalue weighted by Gasteiger charge is -2.22. The minimum absolute atomic E-state index is 0.0554. The molecule has 19 heavy (non-hydrogen) atoms. The van der Waals surface area contributed by atoms with E-state index in [0.717, 1.165) is 12.0 Å². The number of hydrogen-bond donors (Lipinski definition) is 1. The fourth-order valence-electron chi connectivity index (χ4n) is 1.91. The summed E-state index contributed by atoms with van der Waals surface area (Å²) < 4.78 is 0. The normalized spacial score (nSPS) is 13.4. The van der Waals surface area contributed by atoms with Gasteiger partial charge in [-0.2, -0.15) is 0 Å². The Morgan fingerprint density at radius 3 is 2.05 bits per heavy atom. The molecule has 0 aliphatic carbocycles. The van der Waals surface area contributed by atoms with Crippen LogP contribution in [0.3, 0.4) is 0 Å². The first-order chi connectivity index (χ1) is 8.70. The maximum atomic E-state index is 11.9. The van der Waals surface area contributed by atoms with Crippen LogP contribution in [0.4, 0.5) is 0 Å². The topological polar surface area (TPSA) is 29.1 Å². The molecule has 106 valence electrons. The largest absolute Gasteiger partial charge is 0.349 e. The molecular formula is C17H27NO. The van der Waals surface area contributed by atoms with Crippen LogP contribution >= 0.6 is 0 Å². The fraction of sp³-hybridized carbons (Fsp3) is 0.588. The third kappa shape index (κ3) is 5.06. The molecule has 1 atom stereocenters. The number of carbonyl (C=O) groups excluding carboxylic acids is 1. The van der Waals surface area contributed by atoms with Gasteiger partial charge < -0.3 is 5.32 Å². The molecule has 0 aromatic heterocycles. The van der Waals surface area contributed by atoms with Crippen LogP contribution in [0.5, 0.6) is 0 Å². The van der Waals surface area contributed by atoms with Gasteiger partial charge in [0.15, 0.2) is 0 Å². The first kappa shape index (κ1) is 15.7. The highest BCUT2D eigenvalue weighted by Gasteiger charge is 2.22. The lowest BCUT2D eigenvalue weighted by molar-refractivity contribution is -0.129. The van der Waals surface area contributed by atoms with Gasteiger partial charge in [0.1, 0.15) is 0 Å². The van der Waals surface area contributed by atoms with Crippen LogP contribution in [0, 0.1) is 11.3 Å². The minimum atomic E-state index is -0.341. The van der Waals surface area contributed by atoms with Gasteiger partial charge in [-0.15, -0.1) is 0 Å². The molecule has 1 amide bonds. The number of nitrogens with one attached hydrogen (secondary N) is 1. The molecule has 0 heterocycles. The molecule has 0 fully saturated rings. The number of rotatable bonds is 4. The quantitative estimate of drug-likeness (QED) is 0.868. The maximum absolute atomic E-state index is 11.9. The molecule has 0 aliphatic heterocycles. The zero-order valence-electron chi connectivity index (χ0n) is 13.1. The highest BCUT2D eigenvalue weighted by atomic mass is 16.2. The van der Waals surface area contributed by atoms with Crippen molar-refractivity contribution in [3.63, 3.8) is 0 Å². The third-order valence-corrected chi connectivity index (χ3v) is 3.15. The Kier molecular flexibility index (Phi) is 5.16. The monoisotopic (exact) mass is 261 g/mol. The van der Waals surface area contributed by atoms with Crippen LogP contribution in [0.25, 0.3) is 0 Å². The summed E-state index contributed by atoms with van der Waals surface area (Å²) in [6.45, 7) is 12.3. The van der Waals surface area contributed by atoms with Gasteiger partial charge in [-0.1, -0.05) is 58.9 Å². The first-order valence-electron chi connectivity index (χ1n) is 7.10. The SMILES string of the molecule is CC(C)Cc1ccc([C@H](C)NC(=O)C(C)(C)C)cc1. The molecule has 1 N–H and O–H groups in total. The predicted octanol–water partition coefficient (Wildman–Crippen LogP) is 4.11. The molecule has 0 radical (unpaired) electrons. The van der Waals surface area contributed by atoms with E-state index in [9.17, 15) is 4.79 Å². The molecule has 0 saturated carbocycles. The van der Waals surface area contributed by atoms with E-state index < -0.39 is 0 Å². The Balaban J connectivity index is 2.68. The van der Waals surface area contributed by atoms with Crippen molar-refractivity contribution in [1.29, 1.82) is 0 Å². The first-order valence-corrected chi connectivity index (χ1v) is 7.10. The second-order valence-electron chi connectivity index (χ2n) is 6.78. The van der Waals surface area contributed by atoms with E-state index in [-0.39, 0.29) is 17.4 Å². The van der Waals surface area contributed by atoms with Crippen molar-refractivity contribution in [3.8, 4) is 0 Å². The van der Waals surface area contributed by atoms with Gasteiger partial charge >= 0.3 is 0 Å². The second kappa shape index (κ2) is 6.23. The second-order valence-corrected chi connectivity index (χ2v) is 6.78. The Labute approximate surface area is 117 Å². The molecule has 0 bridgehead atoms. The predicted molar refractivity (Wildman–Crippen MR) is 81.0 cm³/mol. The Morgan fingerprint density at radius 1 is 1.11 bits per heavy atom. The molecule has 0 unspecified atom stereocenters. The summed E-state index contributed by atoms with van der Waals surface area (Å²) in [5.74, 6) is 0.759. The molecule has 1 aromatic rings. The lowest BCUT2D eigenvalue weighted by atomic mass is 9.94. The van der Waals surface area contributed by atoms with Crippen molar-refractivity contribution in [2.24, 2.45) is 11.3 Å². The third-order valence-electron chi connectivity index (χ3n) is 3.15. The summed E-state index contributed by atoms with van der Waals surface area (Å²) in [6.07, 6.45) is 1.10. The highest BCUT2D eigenvalue weighted by Crippen LogP contribution is 2.19. The van der Waals surface area contributed by atoms with Crippen molar-refractivity contribution < 1.29 is 4.79 Å². The summed E-state index contributed by atoms with van der Waals surface area (Å²) in [5.41, 5.74) is 2.17. The standard InChI is InChI=1S/C17H27NO/c1-12(2)11-14-7-9-15(10-8-14)13(3)18-16(19)17(4,5)6/h7-10,12-13H,11H2,1-6H3,(H,18,19)/t13-/m0/s1. The lowest BCUT2D eigenvalue weighted by Crippen LogP contribution is -2.36. The summed E-state index contributed by atoms with van der Waals surface area (Å²) in [6, 6.07) is 8.61. The van der Waals surface area contributed by atoms with E-state index >= 15 is 0 Å². The number of hydrogen-bond acceptors (Lipinski definition) is 1. The molecule has 0 spiro atoms. The molecule has 2 nitrogen and oxygen atoms in total. The summed E-state index contributed by atoms with van der Waals surface area (Å²) >= 11 is 0. The van der Waals surface area contributed by atoms with Crippen LogP contribution in [0.2, 0.25) is 0 Å². The van der Waals surface area contributed by atoms with E-state index in [4.69, 9.17) is 0 Å². The summed E-state index contributed by atoms with van der Waals surface area (Å²) in [5, 5.41) is 3.06. The zero-order chi connectivity index (χ0) is 14.6. The van der Waals surface area contributed by atoms with E-state index in [1.54, 1.807) is 0 Å². The van der Waals surface area contributed by atoms with Crippen molar-refractivity contribution in [3.05, 3.63) is 35.4 Å². The molecule has 0 aliphatic rings. The van der Waals surface area contributed by atoms with Crippen molar-refractivity contribution >= 4 is 5.91 Å². The van der Waals surface area contributed by atoms with Crippen LogP contribution in [-0.2, 0) is 11.2 Å². The van der Waals surface area contributed by atoms with E-state index in [1.165, 1.54) is 5.56 Å². The van der Waals surface area contributed by atoms with Gasteiger partial charge in [0.25, 0.3) is 0 Å². The van der Waals surface area contributed by atoms with Gasteiger partial charge in [0.2, 0.25) is 5.91 Å². The molecule has 0 saturated heterocycles. The average molecular weight is 261 g/mol. The molecule has 2 heteroatoms. The molecule has 1 rings (SSSR count). The van der Waals surface area contributed by atoms with Crippen molar-refractivity contribution in [2.45, 2.75) is 54.0 Å². The van der Waals surface area contributed by atoms with Crippen LogP contribution in [-0.4, -0.2) is 5.91 Å². The smallest absolute Gasteiger partial charge is 0.225 e. The maximum Gasteiger partial charge on any atom is 0.225 e. The van der Waals surface area contributed by atoms with Crippen LogP contribution < -0.4 is 5.32 Å². The van der Waals surface area contributed by atoms with Gasteiger partial charge in [0.05, 0.1) is 6.04 Å². The molecule has 1 aromatic carbocycles. The number of benzene rings is 1. The van der Waals surface area contributed by atoms with Crippen LogP contribution in [0.15, 0.2) is 24.3 Å². The van der Waals surface area contributed by atoms with E-state index in [1.807, 2.05) is 27.7 Å². The van der Waals surface area contributed by atoms with E-state index in [2.05, 4.69) is 43.4 Å². The Hall–Kier alpha value is -1.31. The van der Waals surface area contributed by atoms with Gasteiger partial charge in [0, 0.05) is 5.41 Å². The van der Waals surface area contributed by atoms with Gasteiger partial charge in [-0.25, -0.2) is 0 Å². The zero-order valence-corrected chi connectivity index (χ0v) is 13.1. The van der Waals surface area contributed by atoms with Gasteiger partial charge in [-0.05, 0) is 30.4 Å². The molecular weight excluding hydrogens is 234 g/mol. The Morgan fingerprint density at radius 2 is 1.63 bits per heavy atom. The van der Waals surface area contributed by atoms with E-state index in [0.29, 0.717) is 5.92 Å². The van der Waals surface area contributed by atoms with Crippen LogP contribution in [0.1, 0.15) is 58.7 Å². The number of carbonyl (C=O) groups is 1. The minimum Gasteiger partial charge on any atom is -0.349 e. The summed E-state index contributed by atoms with van der Waals surface area (Å²) in [7, 11) is 0. The Bertz CT molecular complexity index is 412. The highest BCUT2D eigenvalue weighted by molar-refractivity contribution is 5.81. The summed E-state index contributed by atoms with van der Waals surface area (Å²) in [4.78, 5) is 11.9. The fourth-order valence-corrected chi connectivity index (χ4v) is 1.91. The average Bonchev–Trinajstić information content (AvgIpc) is 2.27. The van der Waals surface area contributed by atoms with Crippen molar-refractivity contribution in [1.82, 2.24) is 5.32 Å². The van der Waals surface area contributed by atoms with Gasteiger partial charge in [-0.3, -0.25) is 4.79 Å². The number of amides is 1.